The molecule has 2 unspecified atom stereocenters. The highest BCUT2D eigenvalue weighted by atomic mass is 31.2. The molecule has 4 aliphatic rings. The number of esters is 1. The number of phosphoric ester groups is 1. The van der Waals surface area contributed by atoms with Crippen LogP contribution in [0, 0.1) is 46.3 Å². The van der Waals surface area contributed by atoms with Crippen molar-refractivity contribution in [1.82, 2.24) is 0 Å². The van der Waals surface area contributed by atoms with E-state index in [9.17, 15) is 14.3 Å². The lowest BCUT2D eigenvalue weighted by atomic mass is 9.47. The van der Waals surface area contributed by atoms with Crippen molar-refractivity contribution in [3.8, 4) is 0 Å². The first-order chi connectivity index (χ1) is 20.9. The molecule has 0 amide bonds. The van der Waals surface area contributed by atoms with Gasteiger partial charge in [0, 0.05) is 13.7 Å². The van der Waals surface area contributed by atoms with Gasteiger partial charge in [0.05, 0.1) is 25.9 Å². The third kappa shape index (κ3) is 8.58. The molecule has 0 radical (unpaired) electrons. The predicted molar refractivity (Wildman–Crippen MR) is 172 cm³/mol. The minimum Gasteiger partial charge on any atom is -0.464 e. The van der Waals surface area contributed by atoms with Crippen LogP contribution >= 0.6 is 7.82 Å². The Morgan fingerprint density at radius 3 is 2.57 bits per heavy atom. The van der Waals surface area contributed by atoms with E-state index in [1.807, 2.05) is 0 Å². The lowest BCUT2D eigenvalue weighted by Crippen LogP contribution is -2.51. The highest BCUT2D eigenvalue weighted by molar-refractivity contribution is 7.47. The molecule has 254 valence electrons. The summed E-state index contributed by atoms with van der Waals surface area (Å²) in [7, 11) is -2.52. The zero-order valence-corrected chi connectivity index (χ0v) is 29.3. The van der Waals surface area contributed by atoms with Crippen LogP contribution in [0.4, 0.5) is 0 Å². The number of carbonyl (C=O) groups is 1. The monoisotopic (exact) mass is 640 g/mol. The van der Waals surface area contributed by atoms with E-state index < -0.39 is 20.4 Å². The van der Waals surface area contributed by atoms with Crippen molar-refractivity contribution in [2.45, 2.75) is 118 Å². The van der Waals surface area contributed by atoms with Gasteiger partial charge in [-0.15, -0.1) is 0 Å². The van der Waals surface area contributed by atoms with Gasteiger partial charge in [-0.2, -0.15) is 0 Å². The largest absolute Gasteiger partial charge is 0.472 e. The molecular weight excluding hydrogens is 579 g/mol. The second-order valence-corrected chi connectivity index (χ2v) is 16.4. The average Bonchev–Trinajstić information content (AvgIpc) is 3.35. The smallest absolute Gasteiger partial charge is 0.464 e. The highest BCUT2D eigenvalue weighted by Crippen LogP contribution is 2.67. The van der Waals surface area contributed by atoms with E-state index in [-0.39, 0.29) is 31.3 Å². The average molecular weight is 641 g/mol. The maximum absolute atomic E-state index is 12.0. The lowest BCUT2D eigenvalue weighted by Gasteiger charge is -2.58. The quantitative estimate of drug-likeness (QED) is 0.0736. The van der Waals surface area contributed by atoms with E-state index in [4.69, 9.17) is 23.3 Å². The summed E-state index contributed by atoms with van der Waals surface area (Å²) in [5.74, 6) is 4.12. The van der Waals surface area contributed by atoms with Crippen LogP contribution in [0.3, 0.4) is 0 Å². The molecule has 0 aromatic carbocycles. The van der Waals surface area contributed by atoms with Crippen LogP contribution < -0.4 is 0 Å². The summed E-state index contributed by atoms with van der Waals surface area (Å²) in [6.45, 7) is 12.4. The summed E-state index contributed by atoms with van der Waals surface area (Å²) in [5, 5.41) is 0. The molecule has 0 aliphatic heterocycles. The Morgan fingerprint density at radius 2 is 1.82 bits per heavy atom. The Kier molecular flexibility index (Phi) is 13.0. The molecule has 10 atom stereocenters. The first kappa shape index (κ1) is 36.1. The molecule has 3 saturated carbocycles. The first-order valence-electron chi connectivity index (χ1n) is 17.5. The number of fused-ring (bicyclic) bond motifs is 5. The Balaban J connectivity index is 1.26. The van der Waals surface area contributed by atoms with Crippen LogP contribution in [-0.4, -0.2) is 57.1 Å². The zero-order valence-electron chi connectivity index (χ0n) is 28.4. The second-order valence-electron chi connectivity index (χ2n) is 14.9. The van der Waals surface area contributed by atoms with E-state index in [0.29, 0.717) is 5.41 Å². The second kappa shape index (κ2) is 15.9. The van der Waals surface area contributed by atoms with Gasteiger partial charge in [-0.25, -0.2) is 9.36 Å². The molecule has 0 aromatic rings. The number of hydrogen-bond acceptors (Lipinski definition) is 7. The number of ether oxygens (including phenoxy) is 3. The predicted octanol–water partition coefficient (Wildman–Crippen LogP) is 8.13. The molecule has 0 heterocycles. The Bertz CT molecular complexity index is 1020. The van der Waals surface area contributed by atoms with Gasteiger partial charge >= 0.3 is 13.8 Å². The van der Waals surface area contributed by atoms with Crippen LogP contribution in [0.25, 0.3) is 0 Å². The molecule has 0 aromatic heterocycles. The third-order valence-corrected chi connectivity index (χ3v) is 13.3. The SMILES string of the molecule is CCOC(=O)COP(=O)(O)OCCO[C@H]1CC[C@@]2(C)C(=CC[C@H]3[C@@H]4CC[C@H]([C@H](C)CCCC(C)CCOC)[C@@]4(C)CC[C@@H]32)C1. The maximum atomic E-state index is 12.0. The molecule has 9 heteroatoms. The number of carbonyl (C=O) groups excluding carboxylic acids is 1. The molecule has 1 N–H and O–H groups in total. The van der Waals surface area contributed by atoms with Crippen LogP contribution in [0.1, 0.15) is 112 Å². The van der Waals surface area contributed by atoms with Gasteiger partial charge in [0.25, 0.3) is 0 Å². The summed E-state index contributed by atoms with van der Waals surface area (Å²) in [4.78, 5) is 21.2. The Morgan fingerprint density at radius 1 is 1.02 bits per heavy atom. The number of phosphoric acid groups is 1. The topological polar surface area (TPSA) is 101 Å². The van der Waals surface area contributed by atoms with Crippen molar-refractivity contribution in [2.24, 2.45) is 46.3 Å². The minimum atomic E-state index is -4.33. The van der Waals surface area contributed by atoms with E-state index in [1.54, 1.807) is 19.6 Å². The first-order valence-corrected chi connectivity index (χ1v) is 19.0. The fourth-order valence-electron chi connectivity index (χ4n) is 9.94. The number of allylic oxidation sites excluding steroid dienone is 1. The molecule has 44 heavy (non-hydrogen) atoms. The lowest BCUT2D eigenvalue weighted by molar-refractivity contribution is -0.146. The summed E-state index contributed by atoms with van der Waals surface area (Å²) < 4.78 is 37.9. The zero-order chi connectivity index (χ0) is 32.0. The molecule has 0 saturated heterocycles. The van der Waals surface area contributed by atoms with Gasteiger partial charge in [0.1, 0.15) is 0 Å². The Hall–Kier alpha value is -0.760. The molecule has 0 bridgehead atoms. The van der Waals surface area contributed by atoms with E-state index in [1.165, 1.54) is 57.8 Å². The van der Waals surface area contributed by atoms with Crippen molar-refractivity contribution >= 4 is 13.8 Å². The summed E-state index contributed by atoms with van der Waals surface area (Å²) in [6, 6.07) is 0. The fraction of sp³-hybridized carbons (Fsp3) is 0.914. The van der Waals surface area contributed by atoms with E-state index in [0.717, 1.165) is 61.4 Å². The number of hydrogen-bond donors (Lipinski definition) is 1. The minimum absolute atomic E-state index is 0.0686. The third-order valence-electron chi connectivity index (χ3n) is 12.3. The summed E-state index contributed by atoms with van der Waals surface area (Å²) in [6.07, 6.45) is 17.7. The van der Waals surface area contributed by atoms with Crippen LogP contribution in [-0.2, 0) is 32.6 Å². The van der Waals surface area contributed by atoms with E-state index in [2.05, 4.69) is 33.8 Å². The van der Waals surface area contributed by atoms with Gasteiger partial charge in [0.2, 0.25) is 0 Å². The van der Waals surface area contributed by atoms with Gasteiger partial charge in [-0.3, -0.25) is 9.05 Å². The molecular formula is C35H61O8P. The van der Waals surface area contributed by atoms with Crippen molar-refractivity contribution in [3.05, 3.63) is 11.6 Å². The molecule has 0 spiro atoms. The molecule has 4 aliphatic carbocycles. The Labute approximate surface area is 267 Å². The van der Waals surface area contributed by atoms with Crippen molar-refractivity contribution in [1.29, 1.82) is 0 Å². The highest BCUT2D eigenvalue weighted by Gasteiger charge is 2.59. The summed E-state index contributed by atoms with van der Waals surface area (Å²) in [5.41, 5.74) is 2.30. The van der Waals surface area contributed by atoms with Crippen molar-refractivity contribution in [3.63, 3.8) is 0 Å². The van der Waals surface area contributed by atoms with Crippen molar-refractivity contribution < 1.29 is 37.5 Å². The molecule has 8 nitrogen and oxygen atoms in total. The van der Waals surface area contributed by atoms with Gasteiger partial charge in [-0.1, -0.05) is 58.6 Å². The van der Waals surface area contributed by atoms with E-state index >= 15 is 0 Å². The van der Waals surface area contributed by atoms with Crippen LogP contribution in [0.5, 0.6) is 0 Å². The van der Waals surface area contributed by atoms with Crippen molar-refractivity contribution in [2.75, 3.05) is 40.1 Å². The molecule has 4 rings (SSSR count). The standard InChI is InChI=1S/C35H61O8P/c1-7-40-33(36)24-43-44(37,38)42-22-21-41-28-15-18-34(4)27(23-28)11-12-29-31-14-13-30(35(31,5)19-16-32(29)34)26(3)10-8-9-25(2)17-20-39-6/h11,25-26,28-32H,7-10,12-24H2,1-6H3,(H,37,38)/t25?,26-,28+,29+,30-,31+,32+,34+,35-/m1/s1. The number of methoxy groups -OCH3 is 1. The van der Waals surface area contributed by atoms with Gasteiger partial charge < -0.3 is 19.1 Å². The summed E-state index contributed by atoms with van der Waals surface area (Å²) >= 11 is 0. The number of rotatable bonds is 17. The maximum Gasteiger partial charge on any atom is 0.472 e. The van der Waals surface area contributed by atoms with Gasteiger partial charge in [-0.05, 0) is 111 Å². The van der Waals surface area contributed by atoms with Crippen LogP contribution in [0.2, 0.25) is 0 Å². The normalized spacial score (nSPS) is 35.9. The van der Waals surface area contributed by atoms with Gasteiger partial charge in [0.15, 0.2) is 6.61 Å². The fourth-order valence-corrected chi connectivity index (χ4v) is 10.6. The van der Waals surface area contributed by atoms with Crippen LogP contribution in [0.15, 0.2) is 11.6 Å². The molecule has 3 fully saturated rings.